The average Bonchev–Trinajstić information content (AvgIpc) is 2.99. The van der Waals surface area contributed by atoms with Crippen LogP contribution in [-0.2, 0) is 6.54 Å². The summed E-state index contributed by atoms with van der Waals surface area (Å²) in [5.74, 6) is 3.18. The average molecular weight is 481 g/mol. The minimum atomic E-state index is 0. The van der Waals surface area contributed by atoms with Gasteiger partial charge in [-0.25, -0.2) is 0 Å². The summed E-state index contributed by atoms with van der Waals surface area (Å²) in [7, 11) is 0. The number of nitrogens with zero attached hydrogens (tertiary/aromatic N) is 4. The molecule has 8 heteroatoms. The molecule has 0 amide bonds. The molecule has 25 heavy (non-hydrogen) atoms. The van der Waals surface area contributed by atoms with Crippen LogP contribution in [0.5, 0.6) is 0 Å². The first-order valence-corrected chi connectivity index (χ1v) is 10.3. The molecule has 0 saturated carbocycles. The van der Waals surface area contributed by atoms with Gasteiger partial charge in [-0.15, -0.1) is 24.0 Å². The summed E-state index contributed by atoms with van der Waals surface area (Å²) in [6, 6.07) is 2.02. The van der Waals surface area contributed by atoms with Crippen molar-refractivity contribution in [2.75, 3.05) is 51.3 Å². The highest BCUT2D eigenvalue weighted by Crippen LogP contribution is 2.09. The maximum Gasteiger partial charge on any atom is 0.194 e. The first-order valence-electron chi connectivity index (χ1n) is 8.89. The van der Waals surface area contributed by atoms with Crippen LogP contribution in [0.4, 0.5) is 0 Å². The van der Waals surface area contributed by atoms with Crippen molar-refractivity contribution in [3.05, 3.63) is 17.5 Å². The molecule has 1 aliphatic rings. The zero-order valence-corrected chi connectivity index (χ0v) is 18.8. The van der Waals surface area contributed by atoms with Crippen LogP contribution in [0.3, 0.4) is 0 Å². The van der Waals surface area contributed by atoms with E-state index in [1.807, 2.05) is 24.8 Å². The minimum absolute atomic E-state index is 0. The van der Waals surface area contributed by atoms with Gasteiger partial charge in [0.2, 0.25) is 0 Å². The number of aryl methyl sites for hydroxylation is 1. The summed E-state index contributed by atoms with van der Waals surface area (Å²) >= 11 is 1.91. The fourth-order valence-corrected chi connectivity index (χ4v) is 3.30. The van der Waals surface area contributed by atoms with Crippen molar-refractivity contribution in [3.8, 4) is 0 Å². The van der Waals surface area contributed by atoms with Gasteiger partial charge in [-0.3, -0.25) is 9.89 Å². The van der Waals surface area contributed by atoms with Gasteiger partial charge in [0.1, 0.15) is 5.76 Å². The fourth-order valence-electron chi connectivity index (χ4n) is 2.81. The van der Waals surface area contributed by atoms with Crippen LogP contribution in [0.1, 0.15) is 31.2 Å². The Morgan fingerprint density at radius 3 is 2.68 bits per heavy atom. The van der Waals surface area contributed by atoms with E-state index < -0.39 is 0 Å². The number of thioether (sulfide) groups is 1. The molecule has 0 aromatic carbocycles. The molecule has 0 unspecified atom stereocenters. The third-order valence-electron chi connectivity index (χ3n) is 4.09. The van der Waals surface area contributed by atoms with E-state index in [0.717, 1.165) is 63.2 Å². The van der Waals surface area contributed by atoms with Crippen molar-refractivity contribution in [3.63, 3.8) is 0 Å². The Morgan fingerprint density at radius 2 is 2.08 bits per heavy atom. The number of aromatic nitrogens is 1. The van der Waals surface area contributed by atoms with E-state index in [-0.39, 0.29) is 24.0 Å². The Bertz CT molecular complexity index is 503. The number of unbranched alkanes of at least 4 members (excludes halogenated alkanes) is 1. The summed E-state index contributed by atoms with van der Waals surface area (Å²) < 4.78 is 5.15. The van der Waals surface area contributed by atoms with Gasteiger partial charge < -0.3 is 14.7 Å². The quantitative estimate of drug-likeness (QED) is 0.267. The van der Waals surface area contributed by atoms with Gasteiger partial charge in [0.05, 0.1) is 5.69 Å². The predicted molar refractivity (Wildman–Crippen MR) is 117 cm³/mol. The second-order valence-electron chi connectivity index (χ2n) is 6.13. The lowest BCUT2D eigenvalue weighted by Crippen LogP contribution is -2.52. The Labute approximate surface area is 173 Å². The standard InChI is InChI=1S/C17H31N5OS.HI/c1-4-18-17(19-7-5-6-12-24-3)22-10-8-21(9-11-22)14-16-13-15(2)23-20-16;/h13H,4-12,14H2,1-3H3,(H,18,19);1H. The maximum atomic E-state index is 5.15. The number of hydrogen-bond acceptors (Lipinski definition) is 5. The third kappa shape index (κ3) is 8.17. The molecule has 0 radical (unpaired) electrons. The molecule has 1 aromatic heterocycles. The van der Waals surface area contributed by atoms with E-state index in [0.29, 0.717) is 0 Å². The lowest BCUT2D eigenvalue weighted by molar-refractivity contribution is 0.169. The topological polar surface area (TPSA) is 56.9 Å². The van der Waals surface area contributed by atoms with E-state index in [1.54, 1.807) is 0 Å². The molecule has 1 aromatic rings. The molecule has 2 heterocycles. The summed E-state index contributed by atoms with van der Waals surface area (Å²) in [4.78, 5) is 9.60. The molecule has 144 valence electrons. The molecule has 1 aliphatic heterocycles. The largest absolute Gasteiger partial charge is 0.361 e. The van der Waals surface area contributed by atoms with Crippen molar-refractivity contribution < 1.29 is 4.52 Å². The zero-order chi connectivity index (χ0) is 17.2. The Morgan fingerprint density at radius 1 is 1.32 bits per heavy atom. The Balaban J connectivity index is 0.00000312. The number of hydrogen-bond donors (Lipinski definition) is 1. The monoisotopic (exact) mass is 481 g/mol. The fraction of sp³-hybridized carbons (Fsp3) is 0.765. The van der Waals surface area contributed by atoms with E-state index in [9.17, 15) is 0 Å². The number of halogens is 1. The normalized spacial score (nSPS) is 16.0. The van der Waals surface area contributed by atoms with Crippen LogP contribution in [0, 0.1) is 6.92 Å². The van der Waals surface area contributed by atoms with E-state index in [1.165, 1.54) is 18.6 Å². The highest BCUT2D eigenvalue weighted by molar-refractivity contribution is 14.0. The Hall–Kier alpha value is -0.480. The maximum absolute atomic E-state index is 5.15. The van der Waals surface area contributed by atoms with Crippen molar-refractivity contribution in [2.45, 2.75) is 33.2 Å². The smallest absolute Gasteiger partial charge is 0.194 e. The van der Waals surface area contributed by atoms with E-state index >= 15 is 0 Å². The molecule has 1 saturated heterocycles. The van der Waals surface area contributed by atoms with Crippen LogP contribution >= 0.6 is 35.7 Å². The van der Waals surface area contributed by atoms with Crippen molar-refractivity contribution >= 4 is 41.7 Å². The van der Waals surface area contributed by atoms with Gasteiger partial charge in [-0.1, -0.05) is 5.16 Å². The summed E-state index contributed by atoms with van der Waals surface area (Å²) in [5, 5.41) is 7.53. The number of aliphatic imine (C=N–C) groups is 1. The number of piperazine rings is 1. The van der Waals surface area contributed by atoms with Crippen LogP contribution in [0.25, 0.3) is 0 Å². The molecule has 6 nitrogen and oxygen atoms in total. The second-order valence-corrected chi connectivity index (χ2v) is 7.11. The second kappa shape index (κ2) is 12.8. The first-order chi connectivity index (χ1) is 11.7. The van der Waals surface area contributed by atoms with Gasteiger partial charge >= 0.3 is 0 Å². The molecular formula is C17H32IN5OS. The molecule has 1 fully saturated rings. The highest BCUT2D eigenvalue weighted by atomic mass is 127. The number of guanidine groups is 1. The molecule has 2 rings (SSSR count). The van der Waals surface area contributed by atoms with Crippen LogP contribution < -0.4 is 5.32 Å². The highest BCUT2D eigenvalue weighted by Gasteiger charge is 2.20. The van der Waals surface area contributed by atoms with Gasteiger partial charge in [0, 0.05) is 51.9 Å². The van der Waals surface area contributed by atoms with Crippen molar-refractivity contribution in [1.29, 1.82) is 0 Å². The molecule has 1 N–H and O–H groups in total. The summed E-state index contributed by atoms with van der Waals surface area (Å²) in [6.07, 6.45) is 4.57. The summed E-state index contributed by atoms with van der Waals surface area (Å²) in [6.45, 7) is 10.8. The lowest BCUT2D eigenvalue weighted by atomic mass is 10.3. The van der Waals surface area contributed by atoms with E-state index in [2.05, 4.69) is 33.5 Å². The SMILES string of the molecule is CCNC(=NCCCCSC)N1CCN(Cc2cc(C)on2)CC1.I. The number of nitrogens with one attached hydrogen (secondary N) is 1. The molecule has 0 atom stereocenters. The molecule has 0 aliphatic carbocycles. The van der Waals surface area contributed by atoms with Gasteiger partial charge in [0.15, 0.2) is 5.96 Å². The van der Waals surface area contributed by atoms with Crippen LogP contribution in [0.2, 0.25) is 0 Å². The lowest BCUT2D eigenvalue weighted by Gasteiger charge is -2.36. The molecular weight excluding hydrogens is 449 g/mol. The molecule has 0 spiro atoms. The van der Waals surface area contributed by atoms with Crippen molar-refractivity contribution in [2.24, 2.45) is 4.99 Å². The van der Waals surface area contributed by atoms with Gasteiger partial charge in [0.25, 0.3) is 0 Å². The van der Waals surface area contributed by atoms with E-state index in [4.69, 9.17) is 9.52 Å². The summed E-state index contributed by atoms with van der Waals surface area (Å²) in [5.41, 5.74) is 1.02. The van der Waals surface area contributed by atoms with Crippen molar-refractivity contribution in [1.82, 2.24) is 20.3 Å². The number of rotatable bonds is 8. The van der Waals surface area contributed by atoms with Gasteiger partial charge in [-0.05, 0) is 38.7 Å². The van der Waals surface area contributed by atoms with Crippen LogP contribution in [0.15, 0.2) is 15.6 Å². The minimum Gasteiger partial charge on any atom is -0.361 e. The van der Waals surface area contributed by atoms with Crippen LogP contribution in [-0.4, -0.2) is 72.2 Å². The first kappa shape index (κ1) is 22.6. The Kier molecular flexibility index (Phi) is 11.6. The predicted octanol–water partition coefficient (Wildman–Crippen LogP) is 2.83. The zero-order valence-electron chi connectivity index (χ0n) is 15.7. The molecule has 0 bridgehead atoms. The third-order valence-corrected chi connectivity index (χ3v) is 4.78. The van der Waals surface area contributed by atoms with Gasteiger partial charge in [-0.2, -0.15) is 11.8 Å².